The van der Waals surface area contributed by atoms with Gasteiger partial charge in [0.1, 0.15) is 0 Å². The second-order valence-electron chi connectivity index (χ2n) is 2.75. The summed E-state index contributed by atoms with van der Waals surface area (Å²) in [7, 11) is 0. The van der Waals surface area contributed by atoms with Crippen LogP contribution in [0.2, 0.25) is 0 Å². The first-order valence-electron chi connectivity index (χ1n) is 3.63. The molecule has 0 bridgehead atoms. The van der Waals surface area contributed by atoms with Gasteiger partial charge in [-0.2, -0.15) is 0 Å². The van der Waals surface area contributed by atoms with Crippen molar-refractivity contribution in [3.05, 3.63) is 12.3 Å². The summed E-state index contributed by atoms with van der Waals surface area (Å²) in [6.07, 6.45) is 0.145. The van der Waals surface area contributed by atoms with Gasteiger partial charge < -0.3 is 14.5 Å². The van der Waals surface area contributed by atoms with Gasteiger partial charge in [0, 0.05) is 6.42 Å². The van der Waals surface area contributed by atoms with Crippen LogP contribution < -0.4 is 5.73 Å². The lowest BCUT2D eigenvalue weighted by Crippen LogP contribution is -2.16. The van der Waals surface area contributed by atoms with Crippen molar-refractivity contribution in [3.63, 3.8) is 0 Å². The van der Waals surface area contributed by atoms with Gasteiger partial charge in [-0.25, -0.2) is 4.21 Å². The molecular weight excluding hydrogens is 194 g/mol. The van der Waals surface area contributed by atoms with Crippen molar-refractivity contribution in [2.45, 2.75) is 13.3 Å². The monoisotopic (exact) mass is 206 g/mol. The van der Waals surface area contributed by atoms with Crippen LogP contribution in [0, 0.1) is 5.92 Å². The Hall–Kier alpha value is -0.720. The molecule has 0 heterocycles. The van der Waals surface area contributed by atoms with E-state index in [0.717, 1.165) is 0 Å². The van der Waals surface area contributed by atoms with Gasteiger partial charge in [0.2, 0.25) is 0 Å². The smallest absolute Gasteiger partial charge is 0.178 e. The zero-order valence-electron chi connectivity index (χ0n) is 7.32. The van der Waals surface area contributed by atoms with Gasteiger partial charge in [-0.1, -0.05) is 13.5 Å². The van der Waals surface area contributed by atoms with E-state index in [1.54, 1.807) is 6.92 Å². The minimum atomic E-state index is -2.53. The number of rotatable bonds is 6. The summed E-state index contributed by atoms with van der Waals surface area (Å²) in [5.41, 5.74) is 5.12. The molecule has 0 rings (SSSR count). The molecule has 2 atom stereocenters. The van der Waals surface area contributed by atoms with Crippen molar-refractivity contribution in [2.75, 3.05) is 6.61 Å². The van der Waals surface area contributed by atoms with Crippen molar-refractivity contribution in [2.24, 2.45) is 11.7 Å². The van der Waals surface area contributed by atoms with Crippen LogP contribution in [0.3, 0.4) is 0 Å². The molecule has 0 radical (unpaired) electrons. The number of carbonyl (C=O) groups excluding carboxylic acids is 1. The van der Waals surface area contributed by atoms with Gasteiger partial charge in [-0.05, 0) is 5.92 Å². The Morgan fingerprint density at radius 1 is 1.77 bits per heavy atom. The first-order valence-corrected chi connectivity index (χ1v) is 4.63. The molecule has 0 saturated carbocycles. The molecule has 0 amide bonds. The van der Waals surface area contributed by atoms with E-state index in [-0.39, 0.29) is 30.4 Å². The van der Waals surface area contributed by atoms with E-state index in [2.05, 4.69) is 10.8 Å². The van der Waals surface area contributed by atoms with Crippen LogP contribution in [-0.4, -0.2) is 21.2 Å². The molecule has 0 aliphatic carbocycles. The van der Waals surface area contributed by atoms with E-state index in [9.17, 15) is 13.6 Å². The molecule has 0 aromatic heterocycles. The lowest BCUT2D eigenvalue weighted by molar-refractivity contribution is -0.116. The molecule has 0 spiro atoms. The summed E-state index contributed by atoms with van der Waals surface area (Å²) in [4.78, 5) is 11.0. The molecule has 5 nitrogen and oxygen atoms in total. The summed E-state index contributed by atoms with van der Waals surface area (Å²) >= 11 is -2.53. The van der Waals surface area contributed by atoms with Crippen molar-refractivity contribution in [3.8, 4) is 0 Å². The highest BCUT2D eigenvalue weighted by Gasteiger charge is 2.10. The van der Waals surface area contributed by atoms with Gasteiger partial charge in [0.15, 0.2) is 5.78 Å². The third kappa shape index (κ3) is 6.44. The maximum absolute atomic E-state index is 11.0. The van der Waals surface area contributed by atoms with Gasteiger partial charge >= 0.3 is 0 Å². The highest BCUT2D eigenvalue weighted by Crippen LogP contribution is 2.05. The van der Waals surface area contributed by atoms with Crippen LogP contribution in [0.15, 0.2) is 12.3 Å². The van der Waals surface area contributed by atoms with Crippen molar-refractivity contribution in [1.29, 1.82) is 0 Å². The third-order valence-corrected chi connectivity index (χ3v) is 1.67. The number of Topliss-reactive ketones (excluding diaryl/α,β-unsaturated/α-hetero) is 1. The molecule has 0 saturated heterocycles. The predicted octanol–water partition coefficient (Wildman–Crippen LogP) is -0.135. The average molecular weight is 206 g/mol. The molecule has 76 valence electrons. The van der Waals surface area contributed by atoms with Gasteiger partial charge in [0.25, 0.3) is 0 Å². The fourth-order valence-corrected chi connectivity index (χ4v) is 1.02. The zero-order chi connectivity index (χ0) is 10.4. The Kier molecular flexibility index (Phi) is 5.52. The summed E-state index contributed by atoms with van der Waals surface area (Å²) in [5.74, 6) is -0.474. The van der Waals surface area contributed by atoms with Gasteiger partial charge in [-0.15, -0.1) is 0 Å². The first-order chi connectivity index (χ1) is 5.93. The molecule has 0 aromatic carbocycles. The summed E-state index contributed by atoms with van der Waals surface area (Å²) < 4.78 is 24.2. The lowest BCUT2D eigenvalue weighted by Gasteiger charge is -2.11. The summed E-state index contributed by atoms with van der Waals surface area (Å²) in [6, 6.07) is 0. The van der Waals surface area contributed by atoms with Crippen molar-refractivity contribution >= 4 is 17.1 Å². The van der Waals surface area contributed by atoms with Crippen LogP contribution >= 0.6 is 0 Å². The SMILES string of the molecule is C=C(N)C(=O)CC(C)COS(=O)[O-]. The number of allylic oxidation sites excluding steroid dienone is 1. The Bertz CT molecular complexity index is 229. The Labute approximate surface area is 79.4 Å². The highest BCUT2D eigenvalue weighted by molar-refractivity contribution is 7.74. The minimum Gasteiger partial charge on any atom is -0.750 e. The Balaban J connectivity index is 3.74. The van der Waals surface area contributed by atoms with Gasteiger partial charge in [-0.3, -0.25) is 4.79 Å². The number of hydrogen-bond donors (Lipinski definition) is 1. The molecule has 2 unspecified atom stereocenters. The third-order valence-electron chi connectivity index (χ3n) is 1.34. The topological polar surface area (TPSA) is 92.5 Å². The fourth-order valence-electron chi connectivity index (χ4n) is 0.678. The van der Waals surface area contributed by atoms with E-state index < -0.39 is 11.4 Å². The number of nitrogens with two attached hydrogens (primary N) is 1. The molecule has 0 aromatic rings. The fraction of sp³-hybridized carbons (Fsp3) is 0.571. The second-order valence-corrected chi connectivity index (χ2v) is 3.39. The molecule has 0 fully saturated rings. The quantitative estimate of drug-likeness (QED) is 0.482. The van der Waals surface area contributed by atoms with Crippen LogP contribution in [0.4, 0.5) is 0 Å². The van der Waals surface area contributed by atoms with Gasteiger partial charge in [0.05, 0.1) is 23.7 Å². The van der Waals surface area contributed by atoms with E-state index >= 15 is 0 Å². The Morgan fingerprint density at radius 3 is 2.69 bits per heavy atom. The van der Waals surface area contributed by atoms with Crippen molar-refractivity contribution in [1.82, 2.24) is 0 Å². The number of hydrogen-bond acceptors (Lipinski definition) is 5. The van der Waals surface area contributed by atoms with Crippen LogP contribution in [0.25, 0.3) is 0 Å². The maximum Gasteiger partial charge on any atom is 0.178 e. The van der Waals surface area contributed by atoms with Crippen LogP contribution in [0.5, 0.6) is 0 Å². The molecular formula is C7H12NO4S-. The predicted molar refractivity (Wildman–Crippen MR) is 47.0 cm³/mol. The number of carbonyl (C=O) groups is 1. The molecule has 0 aliphatic heterocycles. The largest absolute Gasteiger partial charge is 0.750 e. The summed E-state index contributed by atoms with van der Waals surface area (Å²) in [6.45, 7) is 4.94. The molecule has 6 heteroatoms. The first kappa shape index (κ1) is 12.3. The molecule has 0 aliphatic rings. The summed E-state index contributed by atoms with van der Waals surface area (Å²) in [5, 5.41) is 0. The zero-order valence-corrected chi connectivity index (χ0v) is 8.13. The van der Waals surface area contributed by atoms with Crippen LogP contribution in [0.1, 0.15) is 13.3 Å². The van der Waals surface area contributed by atoms with E-state index in [1.807, 2.05) is 0 Å². The van der Waals surface area contributed by atoms with Crippen molar-refractivity contribution < 1.29 is 17.7 Å². The maximum atomic E-state index is 11.0. The minimum absolute atomic E-state index is 0.0184. The van der Waals surface area contributed by atoms with E-state index in [0.29, 0.717) is 0 Å². The van der Waals surface area contributed by atoms with E-state index in [1.165, 1.54) is 0 Å². The number of ketones is 1. The Morgan fingerprint density at radius 2 is 2.31 bits per heavy atom. The lowest BCUT2D eigenvalue weighted by atomic mass is 10.1. The second kappa shape index (κ2) is 5.85. The van der Waals surface area contributed by atoms with E-state index in [4.69, 9.17) is 5.73 Å². The highest BCUT2D eigenvalue weighted by atomic mass is 32.2. The normalized spacial score (nSPS) is 14.9. The standard InChI is InChI=1S/C7H13NO4S/c1-5(4-12-13(10)11)3-7(9)6(2)8/h5H,2-4,8H2,1H3,(H,10,11)/p-1. The molecule has 2 N–H and O–H groups in total. The van der Waals surface area contributed by atoms with Crippen LogP contribution in [-0.2, 0) is 20.3 Å². The molecule has 13 heavy (non-hydrogen) atoms. The average Bonchev–Trinajstić information content (AvgIpc) is 2.00.